The molecule has 0 radical (unpaired) electrons. The minimum absolute atomic E-state index is 0.00943. The number of hydrogen-bond donors (Lipinski definition) is 2. The third-order valence-corrected chi connectivity index (χ3v) is 4.94. The van der Waals surface area contributed by atoms with Crippen LogP contribution in [0, 0.1) is 0 Å². The van der Waals surface area contributed by atoms with Crippen LogP contribution in [-0.2, 0) is 11.3 Å². The zero-order chi connectivity index (χ0) is 21.8. The monoisotopic (exact) mass is 410 g/mol. The van der Waals surface area contributed by atoms with E-state index in [0.717, 1.165) is 24.1 Å². The van der Waals surface area contributed by atoms with Gasteiger partial charge in [-0.2, -0.15) is 0 Å². The number of pyridine rings is 1. The van der Waals surface area contributed by atoms with Crippen molar-refractivity contribution in [3.05, 3.63) is 53.9 Å². The maximum absolute atomic E-state index is 12.8. The second-order valence-corrected chi connectivity index (χ2v) is 7.74. The molecule has 0 aliphatic carbocycles. The standard InChI is InChI=1S/C24H34N4O2/c1-4-5-6-7-8-9-12-23(29)27-20-13-14-22(28(2)3)21(16-20)24(30)26-18-19-11-10-15-25-17-19/h10-11,13-17H,4-9,12,18H2,1-3H3,(H,26,30)(H,27,29). The third kappa shape index (κ3) is 7.85. The molecule has 0 fully saturated rings. The molecule has 0 atom stereocenters. The summed E-state index contributed by atoms with van der Waals surface area (Å²) >= 11 is 0. The molecular formula is C24H34N4O2. The average molecular weight is 411 g/mol. The van der Waals surface area contributed by atoms with Crippen molar-refractivity contribution < 1.29 is 9.59 Å². The Bertz CT molecular complexity index is 806. The first-order valence-corrected chi connectivity index (χ1v) is 10.8. The smallest absolute Gasteiger partial charge is 0.253 e. The van der Waals surface area contributed by atoms with Crippen molar-refractivity contribution in [1.82, 2.24) is 10.3 Å². The van der Waals surface area contributed by atoms with E-state index >= 15 is 0 Å². The first-order valence-electron chi connectivity index (χ1n) is 10.8. The molecule has 1 aromatic heterocycles. The van der Waals surface area contributed by atoms with Gasteiger partial charge in [0.15, 0.2) is 0 Å². The summed E-state index contributed by atoms with van der Waals surface area (Å²) in [5.41, 5.74) is 2.90. The minimum Gasteiger partial charge on any atom is -0.377 e. The predicted octanol–water partition coefficient (Wildman–Crippen LogP) is 4.77. The summed E-state index contributed by atoms with van der Waals surface area (Å²) in [5, 5.41) is 5.86. The number of carbonyl (C=O) groups is 2. The molecule has 0 saturated carbocycles. The van der Waals surface area contributed by atoms with Gasteiger partial charge in [-0.1, -0.05) is 45.1 Å². The number of hydrogen-bond acceptors (Lipinski definition) is 4. The summed E-state index contributed by atoms with van der Waals surface area (Å²) in [4.78, 5) is 31.0. The minimum atomic E-state index is -0.186. The highest BCUT2D eigenvalue weighted by atomic mass is 16.2. The van der Waals surface area contributed by atoms with Gasteiger partial charge in [0.1, 0.15) is 0 Å². The van der Waals surface area contributed by atoms with Crippen LogP contribution in [-0.4, -0.2) is 30.9 Å². The van der Waals surface area contributed by atoms with Crippen LogP contribution in [0.4, 0.5) is 11.4 Å². The van der Waals surface area contributed by atoms with Gasteiger partial charge < -0.3 is 15.5 Å². The largest absolute Gasteiger partial charge is 0.377 e. The van der Waals surface area contributed by atoms with Crippen LogP contribution >= 0.6 is 0 Å². The molecule has 0 aliphatic heterocycles. The average Bonchev–Trinajstić information content (AvgIpc) is 2.75. The third-order valence-electron chi connectivity index (χ3n) is 4.94. The molecule has 0 unspecified atom stereocenters. The van der Waals surface area contributed by atoms with Crippen LogP contribution in [0.1, 0.15) is 67.8 Å². The Morgan fingerprint density at radius 3 is 2.50 bits per heavy atom. The summed E-state index contributed by atoms with van der Waals surface area (Å²) in [5.74, 6) is -0.195. The SMILES string of the molecule is CCCCCCCCC(=O)Nc1ccc(N(C)C)c(C(=O)NCc2cccnc2)c1. The van der Waals surface area contributed by atoms with Crippen LogP contribution in [0.25, 0.3) is 0 Å². The van der Waals surface area contributed by atoms with Gasteiger partial charge in [0.05, 0.1) is 5.56 Å². The molecule has 1 aromatic carbocycles. The van der Waals surface area contributed by atoms with Crippen molar-refractivity contribution in [3.8, 4) is 0 Å². The molecule has 0 saturated heterocycles. The van der Waals surface area contributed by atoms with Gasteiger partial charge in [0.2, 0.25) is 5.91 Å². The lowest BCUT2D eigenvalue weighted by molar-refractivity contribution is -0.116. The van der Waals surface area contributed by atoms with Gasteiger partial charge in [-0.05, 0) is 36.2 Å². The number of benzene rings is 1. The number of rotatable bonds is 12. The Labute approximate surface area is 180 Å². The summed E-state index contributed by atoms with van der Waals surface area (Å²) in [6, 6.07) is 9.20. The van der Waals surface area contributed by atoms with E-state index in [9.17, 15) is 9.59 Å². The molecule has 162 valence electrons. The second kappa shape index (κ2) is 12.6. The lowest BCUT2D eigenvalue weighted by Gasteiger charge is -2.18. The topological polar surface area (TPSA) is 74.3 Å². The molecule has 0 aliphatic rings. The van der Waals surface area contributed by atoms with E-state index in [1.165, 1.54) is 25.7 Å². The van der Waals surface area contributed by atoms with Gasteiger partial charge in [0, 0.05) is 50.8 Å². The number of amides is 2. The second-order valence-electron chi connectivity index (χ2n) is 7.74. The number of unbranched alkanes of at least 4 members (excludes halogenated alkanes) is 5. The fourth-order valence-electron chi connectivity index (χ4n) is 3.26. The van der Waals surface area contributed by atoms with Gasteiger partial charge in [-0.25, -0.2) is 0 Å². The van der Waals surface area contributed by atoms with E-state index in [-0.39, 0.29) is 11.8 Å². The van der Waals surface area contributed by atoms with E-state index in [1.807, 2.05) is 43.3 Å². The van der Waals surface area contributed by atoms with E-state index in [2.05, 4.69) is 22.5 Å². The molecule has 6 nitrogen and oxygen atoms in total. The Morgan fingerprint density at radius 1 is 1.03 bits per heavy atom. The number of nitrogens with one attached hydrogen (secondary N) is 2. The fourth-order valence-corrected chi connectivity index (χ4v) is 3.26. The maximum atomic E-state index is 12.8. The lowest BCUT2D eigenvalue weighted by Crippen LogP contribution is -2.25. The Balaban J connectivity index is 1.95. The molecule has 2 amide bonds. The van der Waals surface area contributed by atoms with Crippen LogP contribution in [0.2, 0.25) is 0 Å². The quantitative estimate of drug-likeness (QED) is 0.495. The van der Waals surface area contributed by atoms with Crippen molar-refractivity contribution in [2.45, 2.75) is 58.4 Å². The Kier molecular flexibility index (Phi) is 9.84. The predicted molar refractivity (Wildman–Crippen MR) is 123 cm³/mol. The highest BCUT2D eigenvalue weighted by Crippen LogP contribution is 2.23. The molecule has 2 aromatic rings. The van der Waals surface area contributed by atoms with Crippen molar-refractivity contribution in [2.24, 2.45) is 0 Å². The Hall–Kier alpha value is -2.89. The lowest BCUT2D eigenvalue weighted by atomic mass is 10.1. The highest BCUT2D eigenvalue weighted by Gasteiger charge is 2.15. The Morgan fingerprint density at radius 2 is 1.80 bits per heavy atom. The molecular weight excluding hydrogens is 376 g/mol. The van der Waals surface area contributed by atoms with E-state index < -0.39 is 0 Å². The number of carbonyl (C=O) groups excluding carboxylic acids is 2. The highest BCUT2D eigenvalue weighted by molar-refractivity contribution is 6.02. The zero-order valence-electron chi connectivity index (χ0n) is 18.4. The summed E-state index contributed by atoms with van der Waals surface area (Å²) < 4.78 is 0. The van der Waals surface area contributed by atoms with E-state index in [1.54, 1.807) is 18.5 Å². The first-order chi connectivity index (χ1) is 14.5. The summed E-state index contributed by atoms with van der Waals surface area (Å²) in [7, 11) is 3.79. The molecule has 1 heterocycles. The zero-order valence-corrected chi connectivity index (χ0v) is 18.4. The van der Waals surface area contributed by atoms with Gasteiger partial charge in [0.25, 0.3) is 5.91 Å². The van der Waals surface area contributed by atoms with E-state index in [0.29, 0.717) is 24.2 Å². The first kappa shape index (κ1) is 23.4. The van der Waals surface area contributed by atoms with Gasteiger partial charge in [-0.3, -0.25) is 14.6 Å². The summed E-state index contributed by atoms with van der Waals surface area (Å²) in [6.07, 6.45) is 10.8. The molecule has 6 heteroatoms. The van der Waals surface area contributed by atoms with Gasteiger partial charge in [-0.15, -0.1) is 0 Å². The molecule has 2 rings (SSSR count). The molecule has 2 N–H and O–H groups in total. The van der Waals surface area contributed by atoms with Crippen molar-refractivity contribution in [2.75, 3.05) is 24.3 Å². The van der Waals surface area contributed by atoms with E-state index in [4.69, 9.17) is 0 Å². The normalized spacial score (nSPS) is 10.5. The van der Waals surface area contributed by atoms with Crippen LogP contribution in [0.3, 0.4) is 0 Å². The number of nitrogens with zero attached hydrogens (tertiary/aromatic N) is 2. The molecule has 0 bridgehead atoms. The number of aromatic nitrogens is 1. The van der Waals surface area contributed by atoms with Crippen LogP contribution < -0.4 is 15.5 Å². The van der Waals surface area contributed by atoms with Crippen molar-refractivity contribution >= 4 is 23.2 Å². The summed E-state index contributed by atoms with van der Waals surface area (Å²) in [6.45, 7) is 2.59. The molecule has 30 heavy (non-hydrogen) atoms. The van der Waals surface area contributed by atoms with Crippen molar-refractivity contribution in [3.63, 3.8) is 0 Å². The maximum Gasteiger partial charge on any atom is 0.253 e. The van der Waals surface area contributed by atoms with Gasteiger partial charge >= 0.3 is 0 Å². The van der Waals surface area contributed by atoms with Crippen LogP contribution in [0.5, 0.6) is 0 Å². The van der Waals surface area contributed by atoms with Crippen molar-refractivity contribution in [1.29, 1.82) is 0 Å². The molecule has 0 spiro atoms. The fraction of sp³-hybridized carbons (Fsp3) is 0.458. The van der Waals surface area contributed by atoms with Crippen LogP contribution in [0.15, 0.2) is 42.7 Å². The number of anilines is 2.